The Morgan fingerprint density at radius 1 is 1.07 bits per heavy atom. The molecule has 140 valence electrons. The Bertz CT molecular complexity index is 859. The van der Waals surface area contributed by atoms with Crippen molar-refractivity contribution in [3.05, 3.63) is 52.7 Å². The summed E-state index contributed by atoms with van der Waals surface area (Å²) in [5, 5.41) is 14.6. The number of hydrogen-bond donors (Lipinski definition) is 0. The lowest BCUT2D eigenvalue weighted by molar-refractivity contribution is -0.128. The normalized spacial score (nSPS) is 14.5. The number of tetrazole rings is 1. The number of benzene rings is 1. The van der Waals surface area contributed by atoms with Crippen molar-refractivity contribution in [3.63, 3.8) is 0 Å². The first kappa shape index (κ1) is 18.0. The maximum absolute atomic E-state index is 12.6. The second kappa shape index (κ2) is 8.53. The van der Waals surface area contributed by atoms with Crippen LogP contribution in [-0.4, -0.2) is 62.9 Å². The van der Waals surface area contributed by atoms with E-state index in [0.717, 1.165) is 26.2 Å². The van der Waals surface area contributed by atoms with E-state index in [-0.39, 0.29) is 5.91 Å². The van der Waals surface area contributed by atoms with Gasteiger partial charge in [-0.25, -0.2) is 4.68 Å². The SMILES string of the molecule is O=C(CSc1nnnn1Cc1cccs1)N1CCN(c2ccccc2)CC1. The van der Waals surface area contributed by atoms with Crippen LogP contribution < -0.4 is 4.90 Å². The van der Waals surface area contributed by atoms with E-state index in [1.54, 1.807) is 16.0 Å². The van der Waals surface area contributed by atoms with Crippen LogP contribution in [0, 0.1) is 0 Å². The van der Waals surface area contributed by atoms with E-state index in [9.17, 15) is 4.79 Å². The van der Waals surface area contributed by atoms with E-state index in [1.165, 1.54) is 22.3 Å². The first-order valence-electron chi connectivity index (χ1n) is 8.79. The van der Waals surface area contributed by atoms with Gasteiger partial charge in [-0.3, -0.25) is 4.79 Å². The summed E-state index contributed by atoms with van der Waals surface area (Å²) in [6, 6.07) is 14.4. The third kappa shape index (κ3) is 4.48. The third-order valence-corrected chi connectivity index (χ3v) is 6.27. The van der Waals surface area contributed by atoms with Crippen molar-refractivity contribution < 1.29 is 4.79 Å². The van der Waals surface area contributed by atoms with Crippen LogP contribution >= 0.6 is 23.1 Å². The molecule has 0 spiro atoms. The lowest BCUT2D eigenvalue weighted by Crippen LogP contribution is -2.49. The largest absolute Gasteiger partial charge is 0.368 e. The average Bonchev–Trinajstić information content (AvgIpc) is 3.39. The number of hydrogen-bond acceptors (Lipinski definition) is 7. The van der Waals surface area contributed by atoms with Crippen LogP contribution in [-0.2, 0) is 11.3 Å². The first-order chi connectivity index (χ1) is 13.3. The van der Waals surface area contributed by atoms with Gasteiger partial charge in [-0.05, 0) is 34.0 Å². The van der Waals surface area contributed by atoms with Gasteiger partial charge < -0.3 is 9.80 Å². The monoisotopic (exact) mass is 400 g/mol. The van der Waals surface area contributed by atoms with Crippen LogP contribution in [0.1, 0.15) is 4.88 Å². The molecule has 1 saturated heterocycles. The van der Waals surface area contributed by atoms with Crippen molar-refractivity contribution in [2.45, 2.75) is 11.7 Å². The second-order valence-corrected chi connectivity index (χ2v) is 8.17. The number of carbonyl (C=O) groups is 1. The number of anilines is 1. The highest BCUT2D eigenvalue weighted by Gasteiger charge is 2.22. The minimum atomic E-state index is 0.137. The molecule has 1 fully saturated rings. The molecule has 0 radical (unpaired) electrons. The molecule has 27 heavy (non-hydrogen) atoms. The lowest BCUT2D eigenvalue weighted by Gasteiger charge is -2.36. The molecule has 1 aliphatic heterocycles. The summed E-state index contributed by atoms with van der Waals surface area (Å²) in [6.07, 6.45) is 0. The van der Waals surface area contributed by atoms with Gasteiger partial charge in [0, 0.05) is 36.7 Å². The van der Waals surface area contributed by atoms with Gasteiger partial charge in [-0.15, -0.1) is 16.4 Å². The molecule has 1 amide bonds. The van der Waals surface area contributed by atoms with Crippen molar-refractivity contribution in [2.24, 2.45) is 0 Å². The van der Waals surface area contributed by atoms with Crippen LogP contribution in [0.4, 0.5) is 5.69 Å². The van der Waals surface area contributed by atoms with Gasteiger partial charge in [0.25, 0.3) is 0 Å². The fourth-order valence-corrected chi connectivity index (χ4v) is 4.49. The van der Waals surface area contributed by atoms with Gasteiger partial charge in [0.05, 0.1) is 12.3 Å². The summed E-state index contributed by atoms with van der Waals surface area (Å²) in [6.45, 7) is 3.84. The second-order valence-electron chi connectivity index (χ2n) is 6.19. The van der Waals surface area contributed by atoms with Crippen LogP contribution in [0.15, 0.2) is 53.0 Å². The molecule has 0 atom stereocenters. The number of piperazine rings is 1. The Labute approximate surface area is 166 Å². The fraction of sp³-hybridized carbons (Fsp3) is 0.333. The maximum Gasteiger partial charge on any atom is 0.233 e. The molecule has 7 nitrogen and oxygen atoms in total. The molecular weight excluding hydrogens is 380 g/mol. The molecule has 2 aromatic heterocycles. The van der Waals surface area contributed by atoms with Crippen molar-refractivity contribution >= 4 is 34.7 Å². The minimum absolute atomic E-state index is 0.137. The van der Waals surface area contributed by atoms with E-state index in [1.807, 2.05) is 34.5 Å². The zero-order valence-corrected chi connectivity index (χ0v) is 16.4. The van der Waals surface area contributed by atoms with Crippen molar-refractivity contribution in [1.29, 1.82) is 0 Å². The van der Waals surface area contributed by atoms with E-state index in [2.05, 4.69) is 38.6 Å². The van der Waals surface area contributed by atoms with Gasteiger partial charge in [-0.2, -0.15) is 0 Å². The lowest BCUT2D eigenvalue weighted by atomic mass is 10.2. The summed E-state index contributed by atoms with van der Waals surface area (Å²) >= 11 is 3.07. The first-order valence-corrected chi connectivity index (χ1v) is 10.7. The standard InChI is InChI=1S/C18H20N6OS2/c25-17(23-10-8-22(9-11-23)15-5-2-1-3-6-15)14-27-18-19-20-21-24(18)13-16-7-4-12-26-16/h1-7,12H,8-11,13-14H2. The number of para-hydroxylation sites is 1. The predicted octanol–water partition coefficient (Wildman–Crippen LogP) is 2.22. The third-order valence-electron chi connectivity index (χ3n) is 4.46. The van der Waals surface area contributed by atoms with E-state index < -0.39 is 0 Å². The zero-order valence-electron chi connectivity index (χ0n) is 14.8. The molecule has 0 N–H and O–H groups in total. The van der Waals surface area contributed by atoms with Crippen LogP contribution in [0.2, 0.25) is 0 Å². The summed E-state index contributed by atoms with van der Waals surface area (Å²) in [5.41, 5.74) is 1.21. The van der Waals surface area contributed by atoms with E-state index >= 15 is 0 Å². The number of rotatable bonds is 6. The fourth-order valence-electron chi connectivity index (χ4n) is 3.02. The van der Waals surface area contributed by atoms with Crippen molar-refractivity contribution in [3.8, 4) is 0 Å². The highest BCUT2D eigenvalue weighted by molar-refractivity contribution is 7.99. The molecule has 0 unspecified atom stereocenters. The van der Waals surface area contributed by atoms with Crippen LogP contribution in [0.3, 0.4) is 0 Å². The van der Waals surface area contributed by atoms with Crippen molar-refractivity contribution in [1.82, 2.24) is 25.1 Å². The Morgan fingerprint density at radius 2 is 1.89 bits per heavy atom. The number of thiophene rings is 1. The predicted molar refractivity (Wildman–Crippen MR) is 107 cm³/mol. The van der Waals surface area contributed by atoms with Gasteiger partial charge in [0.15, 0.2) is 0 Å². The van der Waals surface area contributed by atoms with Crippen LogP contribution in [0.5, 0.6) is 0 Å². The van der Waals surface area contributed by atoms with Gasteiger partial charge >= 0.3 is 0 Å². The Morgan fingerprint density at radius 3 is 2.63 bits per heavy atom. The number of amides is 1. The number of carbonyl (C=O) groups excluding carboxylic acids is 1. The number of thioether (sulfide) groups is 1. The maximum atomic E-state index is 12.6. The van der Waals surface area contributed by atoms with Gasteiger partial charge in [-0.1, -0.05) is 36.0 Å². The molecule has 3 heterocycles. The molecule has 9 heteroatoms. The van der Waals surface area contributed by atoms with E-state index in [4.69, 9.17) is 0 Å². The minimum Gasteiger partial charge on any atom is -0.368 e. The summed E-state index contributed by atoms with van der Waals surface area (Å²) in [7, 11) is 0. The highest BCUT2D eigenvalue weighted by atomic mass is 32.2. The van der Waals surface area contributed by atoms with Gasteiger partial charge in [0.2, 0.25) is 11.1 Å². The molecule has 4 rings (SSSR count). The Kier molecular flexibility index (Phi) is 5.69. The van der Waals surface area contributed by atoms with E-state index in [0.29, 0.717) is 17.5 Å². The highest BCUT2D eigenvalue weighted by Crippen LogP contribution is 2.19. The quantitative estimate of drug-likeness (QED) is 0.591. The summed E-state index contributed by atoms with van der Waals surface area (Å²) < 4.78 is 1.75. The molecule has 1 aromatic carbocycles. The Balaban J connectivity index is 1.28. The smallest absolute Gasteiger partial charge is 0.233 e. The Hall–Kier alpha value is -2.39. The molecular formula is C18H20N6OS2. The topological polar surface area (TPSA) is 67.2 Å². The summed E-state index contributed by atoms with van der Waals surface area (Å²) in [4.78, 5) is 18.0. The van der Waals surface area contributed by atoms with Crippen LogP contribution in [0.25, 0.3) is 0 Å². The van der Waals surface area contributed by atoms with Gasteiger partial charge in [0.1, 0.15) is 0 Å². The van der Waals surface area contributed by atoms with Crippen molar-refractivity contribution in [2.75, 3.05) is 36.8 Å². The number of nitrogens with zero attached hydrogens (tertiary/aromatic N) is 6. The molecule has 0 saturated carbocycles. The molecule has 0 aliphatic carbocycles. The molecule has 0 bridgehead atoms. The zero-order chi connectivity index (χ0) is 18.5. The average molecular weight is 401 g/mol. The number of aromatic nitrogens is 4. The molecule has 3 aromatic rings. The summed E-state index contributed by atoms with van der Waals surface area (Å²) in [5.74, 6) is 0.495. The molecule has 1 aliphatic rings.